The number of benzene rings is 2. The average Bonchev–Trinajstić information content (AvgIpc) is 3.23. The standard InChI is InChI=1S/C24H31N5O2/c1-19(31-22-11-7-10-21(16-22)30-3)17-28-24(25-2)27-13-12-23-26-14-15-29(23)18-20-8-5-4-6-9-20/h4-11,14-16,19H,12-13,17-18H2,1-3H3,(H2,25,27,28). The zero-order valence-electron chi connectivity index (χ0n) is 18.4. The third kappa shape index (κ3) is 7.06. The van der Waals surface area contributed by atoms with Crippen LogP contribution in [0.25, 0.3) is 0 Å². The van der Waals surface area contributed by atoms with Gasteiger partial charge < -0.3 is 24.7 Å². The number of hydrogen-bond donors (Lipinski definition) is 2. The first kappa shape index (κ1) is 22.2. The Kier molecular flexibility index (Phi) is 8.34. The molecule has 0 saturated heterocycles. The van der Waals surface area contributed by atoms with Gasteiger partial charge in [0, 0.05) is 45.0 Å². The number of aliphatic imine (C=N–C) groups is 1. The van der Waals surface area contributed by atoms with Crippen molar-refractivity contribution in [3.05, 3.63) is 78.4 Å². The van der Waals surface area contributed by atoms with Crippen LogP contribution in [0, 0.1) is 0 Å². The molecule has 7 nitrogen and oxygen atoms in total. The molecule has 3 aromatic rings. The molecule has 0 saturated carbocycles. The summed E-state index contributed by atoms with van der Waals surface area (Å²) in [5.74, 6) is 3.34. The zero-order chi connectivity index (χ0) is 21.9. The number of hydrogen-bond acceptors (Lipinski definition) is 4. The van der Waals surface area contributed by atoms with Crippen molar-refractivity contribution >= 4 is 5.96 Å². The van der Waals surface area contributed by atoms with E-state index in [4.69, 9.17) is 9.47 Å². The number of nitrogens with zero attached hydrogens (tertiary/aromatic N) is 3. The Labute approximate surface area is 184 Å². The van der Waals surface area contributed by atoms with Crippen molar-refractivity contribution in [3.63, 3.8) is 0 Å². The molecule has 31 heavy (non-hydrogen) atoms. The van der Waals surface area contributed by atoms with Gasteiger partial charge in [0.1, 0.15) is 23.4 Å². The molecule has 1 atom stereocenters. The predicted octanol–water partition coefficient (Wildman–Crippen LogP) is 3.12. The SMILES string of the molecule is CN=C(NCCc1nccn1Cc1ccccc1)NCC(C)Oc1cccc(OC)c1. The van der Waals surface area contributed by atoms with Crippen molar-refractivity contribution in [2.75, 3.05) is 27.2 Å². The third-order valence-corrected chi connectivity index (χ3v) is 4.80. The highest BCUT2D eigenvalue weighted by atomic mass is 16.5. The van der Waals surface area contributed by atoms with Crippen LogP contribution >= 0.6 is 0 Å². The van der Waals surface area contributed by atoms with Crippen LogP contribution < -0.4 is 20.1 Å². The molecule has 1 unspecified atom stereocenters. The first-order valence-corrected chi connectivity index (χ1v) is 10.5. The van der Waals surface area contributed by atoms with Gasteiger partial charge in [0.15, 0.2) is 5.96 Å². The van der Waals surface area contributed by atoms with E-state index < -0.39 is 0 Å². The van der Waals surface area contributed by atoms with Crippen molar-refractivity contribution in [3.8, 4) is 11.5 Å². The second-order valence-corrected chi connectivity index (χ2v) is 7.19. The van der Waals surface area contributed by atoms with E-state index in [2.05, 4.69) is 49.4 Å². The van der Waals surface area contributed by atoms with Crippen molar-refractivity contribution in [2.45, 2.75) is 26.0 Å². The van der Waals surface area contributed by atoms with Crippen molar-refractivity contribution in [1.29, 1.82) is 0 Å². The number of nitrogens with one attached hydrogen (secondary N) is 2. The van der Waals surface area contributed by atoms with Gasteiger partial charge in [0.2, 0.25) is 0 Å². The summed E-state index contributed by atoms with van der Waals surface area (Å²) in [7, 11) is 3.41. The van der Waals surface area contributed by atoms with Crippen molar-refractivity contribution < 1.29 is 9.47 Å². The van der Waals surface area contributed by atoms with E-state index in [9.17, 15) is 0 Å². The summed E-state index contributed by atoms with van der Waals surface area (Å²) < 4.78 is 13.4. The maximum atomic E-state index is 5.95. The van der Waals surface area contributed by atoms with Crippen LogP contribution in [-0.4, -0.2) is 48.9 Å². The van der Waals surface area contributed by atoms with Gasteiger partial charge in [0.05, 0.1) is 13.7 Å². The summed E-state index contributed by atoms with van der Waals surface area (Å²) in [4.78, 5) is 8.80. The highest BCUT2D eigenvalue weighted by molar-refractivity contribution is 5.79. The van der Waals surface area contributed by atoms with Gasteiger partial charge >= 0.3 is 0 Å². The molecule has 0 spiro atoms. The van der Waals surface area contributed by atoms with Gasteiger partial charge in [-0.25, -0.2) is 4.98 Å². The first-order valence-electron chi connectivity index (χ1n) is 10.5. The van der Waals surface area contributed by atoms with E-state index in [0.29, 0.717) is 6.54 Å². The van der Waals surface area contributed by atoms with Crippen LogP contribution in [0.4, 0.5) is 0 Å². The van der Waals surface area contributed by atoms with Crippen LogP contribution in [-0.2, 0) is 13.0 Å². The number of guanidine groups is 1. The van der Waals surface area contributed by atoms with E-state index in [0.717, 1.165) is 42.8 Å². The number of methoxy groups -OCH3 is 1. The Morgan fingerprint density at radius 2 is 1.90 bits per heavy atom. The normalized spacial score (nSPS) is 12.3. The largest absolute Gasteiger partial charge is 0.497 e. The second kappa shape index (κ2) is 11.6. The molecule has 0 aliphatic rings. The van der Waals surface area contributed by atoms with E-state index >= 15 is 0 Å². The van der Waals surface area contributed by atoms with E-state index in [1.54, 1.807) is 14.2 Å². The molecular weight excluding hydrogens is 390 g/mol. The minimum absolute atomic E-state index is 0.0320. The minimum atomic E-state index is -0.0320. The zero-order valence-corrected chi connectivity index (χ0v) is 18.4. The smallest absolute Gasteiger partial charge is 0.191 e. The number of rotatable bonds is 10. The molecule has 2 aromatic carbocycles. The lowest BCUT2D eigenvalue weighted by atomic mass is 10.2. The molecule has 0 aliphatic carbocycles. The van der Waals surface area contributed by atoms with Gasteiger partial charge in [-0.1, -0.05) is 36.4 Å². The van der Waals surface area contributed by atoms with Gasteiger partial charge in [-0.05, 0) is 24.6 Å². The average molecular weight is 422 g/mol. The monoisotopic (exact) mass is 421 g/mol. The second-order valence-electron chi connectivity index (χ2n) is 7.19. The van der Waals surface area contributed by atoms with Crippen LogP contribution in [0.5, 0.6) is 11.5 Å². The van der Waals surface area contributed by atoms with Crippen LogP contribution in [0.15, 0.2) is 72.0 Å². The van der Waals surface area contributed by atoms with Gasteiger partial charge in [0.25, 0.3) is 0 Å². The van der Waals surface area contributed by atoms with Crippen molar-refractivity contribution in [1.82, 2.24) is 20.2 Å². The fraction of sp³-hybridized carbons (Fsp3) is 0.333. The van der Waals surface area contributed by atoms with Crippen LogP contribution in [0.2, 0.25) is 0 Å². The highest BCUT2D eigenvalue weighted by Gasteiger charge is 2.08. The lowest BCUT2D eigenvalue weighted by molar-refractivity contribution is 0.223. The third-order valence-electron chi connectivity index (χ3n) is 4.80. The molecule has 164 valence electrons. The van der Waals surface area contributed by atoms with E-state index in [1.807, 2.05) is 49.6 Å². The maximum Gasteiger partial charge on any atom is 0.191 e. The molecule has 3 rings (SSSR count). The van der Waals surface area contributed by atoms with Crippen LogP contribution in [0.3, 0.4) is 0 Å². The number of ether oxygens (including phenoxy) is 2. The molecule has 7 heteroatoms. The lowest BCUT2D eigenvalue weighted by Crippen LogP contribution is -2.42. The quantitative estimate of drug-likeness (QED) is 0.389. The Hall–Kier alpha value is -3.48. The molecule has 0 bridgehead atoms. The summed E-state index contributed by atoms with van der Waals surface area (Å²) in [5, 5.41) is 6.65. The van der Waals surface area contributed by atoms with Gasteiger partial charge in [-0.2, -0.15) is 0 Å². The van der Waals surface area contributed by atoms with Crippen LogP contribution in [0.1, 0.15) is 18.3 Å². The summed E-state index contributed by atoms with van der Waals surface area (Å²) in [6.07, 6.45) is 4.64. The molecule has 1 heterocycles. The Bertz CT molecular complexity index is 955. The highest BCUT2D eigenvalue weighted by Crippen LogP contribution is 2.19. The van der Waals surface area contributed by atoms with E-state index in [-0.39, 0.29) is 6.10 Å². The van der Waals surface area contributed by atoms with Gasteiger partial charge in [-0.15, -0.1) is 0 Å². The molecule has 0 aliphatic heterocycles. The summed E-state index contributed by atoms with van der Waals surface area (Å²) in [6.45, 7) is 4.19. The lowest BCUT2D eigenvalue weighted by Gasteiger charge is -2.18. The molecule has 0 fully saturated rings. The van der Waals surface area contributed by atoms with Gasteiger partial charge in [-0.3, -0.25) is 4.99 Å². The first-order chi connectivity index (χ1) is 15.2. The molecule has 0 radical (unpaired) electrons. The Balaban J connectivity index is 1.42. The number of imidazole rings is 1. The summed E-state index contributed by atoms with van der Waals surface area (Å²) in [5.41, 5.74) is 1.26. The van der Waals surface area contributed by atoms with E-state index in [1.165, 1.54) is 5.56 Å². The predicted molar refractivity (Wildman–Crippen MR) is 124 cm³/mol. The van der Waals surface area contributed by atoms with Crippen molar-refractivity contribution in [2.24, 2.45) is 4.99 Å². The topological polar surface area (TPSA) is 72.7 Å². The Morgan fingerprint density at radius 1 is 1.10 bits per heavy atom. The minimum Gasteiger partial charge on any atom is -0.497 e. The Morgan fingerprint density at radius 3 is 2.68 bits per heavy atom. The molecular formula is C24H31N5O2. The molecule has 0 amide bonds. The molecule has 1 aromatic heterocycles. The maximum absolute atomic E-state index is 5.95. The fourth-order valence-electron chi connectivity index (χ4n) is 3.19. The molecule has 2 N–H and O–H groups in total. The summed E-state index contributed by atoms with van der Waals surface area (Å²) >= 11 is 0. The summed E-state index contributed by atoms with van der Waals surface area (Å²) in [6, 6.07) is 18.0. The number of aromatic nitrogens is 2. The fourth-order valence-corrected chi connectivity index (χ4v) is 3.19.